The van der Waals surface area contributed by atoms with Crippen LogP contribution in [0.2, 0.25) is 0 Å². The fraction of sp³-hybridized carbons (Fsp3) is 0.413. The molecule has 0 aliphatic rings. The lowest BCUT2D eigenvalue weighted by molar-refractivity contribution is 0.261. The SMILES string of the molecule is Cc1cc(OCCSO)ccc1N=Nc1cc(OCCCCS(=O)(=O)O)c(N=Nc2cc(OCCCCS(=O)(=O)O)c(NC(=O)Nc3cc(C)c(N=Nc4cc(C)c(N=Nc5ccc(OCCS(=O)(=O)O)cc5C)cc4OCCCCS(=O)(=O)O)cc3OCCCCS(=O)(=O)O)cc2C)cc1C. The summed E-state index contributed by atoms with van der Waals surface area (Å²) in [5.41, 5.74) is 6.07. The number of aryl methyl sites for hydroxylation is 6. The lowest BCUT2D eigenvalue weighted by atomic mass is 10.1. The zero-order valence-corrected chi connectivity index (χ0v) is 61.3. The third-order valence-electron chi connectivity index (χ3n) is 14.3. The summed E-state index contributed by atoms with van der Waals surface area (Å²) >= 11 is 0.664. The van der Waals surface area contributed by atoms with Crippen molar-refractivity contribution in [2.45, 2.75) is 92.9 Å². The zero-order valence-electron chi connectivity index (χ0n) is 56.4. The quantitative estimate of drug-likeness (QED) is 0.00763. The molecular weight excluding hydrogens is 1460 g/mol. The largest absolute Gasteiger partial charge is 0.493 e. The second-order valence-electron chi connectivity index (χ2n) is 22.9. The molecule has 0 aliphatic carbocycles. The van der Waals surface area contributed by atoms with Gasteiger partial charge in [-0.1, -0.05) is 0 Å². The first-order valence-electron chi connectivity index (χ1n) is 31.3. The highest BCUT2D eigenvalue weighted by Gasteiger charge is 2.20. The minimum Gasteiger partial charge on any atom is -0.493 e. The third-order valence-corrected chi connectivity index (χ3v) is 18.6. The maximum atomic E-state index is 14.3. The van der Waals surface area contributed by atoms with E-state index in [4.69, 9.17) is 37.5 Å². The van der Waals surface area contributed by atoms with Crippen molar-refractivity contribution in [3.8, 4) is 34.5 Å². The number of urea groups is 1. The molecule has 0 atom stereocenters. The highest BCUT2D eigenvalue weighted by Crippen LogP contribution is 2.42. The molecule has 6 aromatic rings. The highest BCUT2D eigenvalue weighted by atomic mass is 32.2. The van der Waals surface area contributed by atoms with Crippen LogP contribution < -0.4 is 39.1 Å². The van der Waals surface area contributed by atoms with E-state index in [-0.39, 0.29) is 148 Å². The Kier molecular flexibility index (Phi) is 31.4. The molecule has 0 spiro atoms. The van der Waals surface area contributed by atoms with Gasteiger partial charge in [-0.05, 0) is 199 Å². The van der Waals surface area contributed by atoms with E-state index in [2.05, 4.69) is 51.5 Å². The lowest BCUT2D eigenvalue weighted by Gasteiger charge is -2.17. The molecule has 556 valence electrons. The summed E-state index contributed by atoms with van der Waals surface area (Å²) in [5, 5.41) is 41.4. The summed E-state index contributed by atoms with van der Waals surface area (Å²) in [7, 11) is -21.3. The van der Waals surface area contributed by atoms with E-state index in [1.54, 1.807) is 89.2 Å². The molecule has 0 bridgehead atoms. The van der Waals surface area contributed by atoms with Crippen LogP contribution in [0.1, 0.15) is 84.7 Å². The van der Waals surface area contributed by atoms with Gasteiger partial charge in [-0.25, -0.2) is 4.79 Å². The molecule has 0 unspecified atom stereocenters. The number of anilines is 2. The van der Waals surface area contributed by atoms with E-state index in [9.17, 15) is 65.1 Å². The van der Waals surface area contributed by atoms with E-state index in [1.807, 2.05) is 6.92 Å². The fourth-order valence-corrected chi connectivity index (χ4v) is 11.8. The van der Waals surface area contributed by atoms with Gasteiger partial charge in [0.1, 0.15) is 58.2 Å². The van der Waals surface area contributed by atoms with Crippen molar-refractivity contribution in [2.24, 2.45) is 40.9 Å². The van der Waals surface area contributed by atoms with E-state index >= 15 is 0 Å². The van der Waals surface area contributed by atoms with Crippen LogP contribution in [0.3, 0.4) is 0 Å². The van der Waals surface area contributed by atoms with Crippen molar-refractivity contribution in [3.63, 3.8) is 0 Å². The molecule has 33 nitrogen and oxygen atoms in total. The molecule has 102 heavy (non-hydrogen) atoms. The van der Waals surface area contributed by atoms with Gasteiger partial charge in [-0.2, -0.15) is 72.8 Å². The van der Waals surface area contributed by atoms with Crippen LogP contribution in [-0.2, 0) is 50.6 Å². The topological polar surface area (TPSA) is 487 Å². The Hall–Kier alpha value is -8.35. The number of nitrogens with zero attached hydrogens (tertiary/aromatic N) is 8. The number of hydrogen-bond donors (Lipinski definition) is 8. The standard InChI is InChI=1S/C63H80N10O23S6/c1-41-31-47(91-23-25-97-75)15-17-49(41)66-68-53-39-61(95-21-9-13-28-100(82,83)84)57(35-45(53)5)72-70-51-37-59(93-19-7-11-26-98(76,77)78)55(33-43(51)3)64-63(74)65-56-34-44(4)52(38-60(56)94-20-8-12-27-99(79,80)81)71-73-58-36-46(6)54(40-62(58)96-22-10-14-29-101(85,86)87)69-67-50-18-16-48(32-42(50)2)92-24-30-102(88,89)90/h15-18,31-40,75H,7-14,19-30H2,1-6H3,(H2,64,65,74)(H,76,77,78)(H,79,80,81)(H,82,83,84)(H,85,86,87)(H,88,89,90). The van der Waals surface area contributed by atoms with Crippen molar-refractivity contribution in [1.82, 2.24) is 0 Å². The first-order chi connectivity index (χ1) is 48.0. The lowest BCUT2D eigenvalue weighted by Crippen LogP contribution is -2.21. The Balaban J connectivity index is 1.32. The van der Waals surface area contributed by atoms with E-state index < -0.39 is 85.4 Å². The number of rotatable bonds is 42. The summed E-state index contributed by atoms with van der Waals surface area (Å²) in [6.45, 7) is 10.1. The maximum Gasteiger partial charge on any atom is 0.323 e. The number of nitrogens with one attached hydrogen (secondary N) is 2. The number of ether oxygens (including phenoxy) is 6. The Bertz CT molecular complexity index is 4640. The summed E-state index contributed by atoms with van der Waals surface area (Å²) in [5.74, 6) is -1.04. The summed E-state index contributed by atoms with van der Waals surface area (Å²) in [4.78, 5) is 14.3. The van der Waals surface area contributed by atoms with Crippen molar-refractivity contribution < 1.29 is 103 Å². The van der Waals surface area contributed by atoms with Crippen molar-refractivity contribution in [3.05, 3.63) is 118 Å². The molecular formula is C63H80N10O23S6. The molecule has 6 aromatic carbocycles. The van der Waals surface area contributed by atoms with Gasteiger partial charge < -0.3 is 43.6 Å². The van der Waals surface area contributed by atoms with E-state index in [1.165, 1.54) is 30.3 Å². The van der Waals surface area contributed by atoms with E-state index in [0.29, 0.717) is 79.9 Å². The second-order valence-corrected chi connectivity index (χ2v) is 31.5. The molecule has 0 aromatic heterocycles. The van der Waals surface area contributed by atoms with Gasteiger partial charge in [0.15, 0.2) is 0 Å². The molecule has 0 radical (unpaired) electrons. The summed E-state index contributed by atoms with van der Waals surface area (Å²) in [6.07, 6.45) is 0.815. The van der Waals surface area contributed by atoms with Crippen molar-refractivity contribution in [2.75, 3.05) is 84.8 Å². The van der Waals surface area contributed by atoms with Crippen LogP contribution in [-0.4, -0.2) is 150 Å². The van der Waals surface area contributed by atoms with Gasteiger partial charge in [-0.3, -0.25) is 22.8 Å². The molecule has 2 amide bonds. The molecule has 0 fully saturated rings. The number of benzene rings is 6. The van der Waals surface area contributed by atoms with Gasteiger partial charge in [0.2, 0.25) is 0 Å². The number of unbranched alkanes of at least 4 members (excludes halogenated alkanes) is 4. The zero-order chi connectivity index (χ0) is 74.8. The van der Waals surface area contributed by atoms with Crippen LogP contribution in [0.4, 0.5) is 61.7 Å². The molecule has 0 heterocycles. The molecule has 0 aliphatic heterocycles. The Labute approximate surface area is 596 Å². The fourth-order valence-electron chi connectivity index (χ4n) is 9.03. The monoisotopic (exact) mass is 1540 g/mol. The summed E-state index contributed by atoms with van der Waals surface area (Å²) < 4.78 is 205. The normalized spacial score (nSPS) is 12.4. The van der Waals surface area contributed by atoms with Crippen LogP contribution in [0.25, 0.3) is 0 Å². The van der Waals surface area contributed by atoms with Crippen molar-refractivity contribution in [1.29, 1.82) is 0 Å². The first-order valence-corrected chi connectivity index (χ1v) is 40.3. The van der Waals surface area contributed by atoms with Gasteiger partial charge in [0, 0.05) is 24.3 Å². The minimum atomic E-state index is -4.31. The first kappa shape index (κ1) is 82.6. The minimum absolute atomic E-state index is 0.00104. The van der Waals surface area contributed by atoms with E-state index in [0.717, 1.165) is 5.56 Å². The molecule has 6 rings (SSSR count). The maximum absolute atomic E-state index is 14.3. The molecule has 0 saturated heterocycles. The summed E-state index contributed by atoms with van der Waals surface area (Å²) in [6, 6.07) is 21.5. The molecule has 0 saturated carbocycles. The Morgan fingerprint density at radius 2 is 0.618 bits per heavy atom. The van der Waals surface area contributed by atoms with Gasteiger partial charge in [0.25, 0.3) is 50.6 Å². The average Bonchev–Trinajstić information content (AvgIpc) is 0.825. The van der Waals surface area contributed by atoms with Crippen LogP contribution in [0.15, 0.2) is 126 Å². The number of carbonyl (C=O) groups is 1. The number of carbonyl (C=O) groups excluding carboxylic acids is 1. The molecule has 39 heteroatoms. The number of amides is 2. The third kappa shape index (κ3) is 30.3. The molecule has 8 N–H and O–H groups in total. The highest BCUT2D eigenvalue weighted by molar-refractivity contribution is 7.93. The van der Waals surface area contributed by atoms with Gasteiger partial charge in [0.05, 0.1) is 107 Å². The second kappa shape index (κ2) is 38.8. The smallest absolute Gasteiger partial charge is 0.323 e. The van der Waals surface area contributed by atoms with Crippen molar-refractivity contribution >= 4 is 126 Å². The predicted molar refractivity (Wildman–Crippen MR) is 383 cm³/mol. The Morgan fingerprint density at radius 1 is 0.333 bits per heavy atom. The van der Waals surface area contributed by atoms with Gasteiger partial charge in [-0.15, -0.1) is 10.2 Å². The number of azo groups is 4. The van der Waals surface area contributed by atoms with Crippen LogP contribution >= 0.6 is 12.0 Å². The number of hydrogen-bond acceptors (Lipinski definition) is 27. The van der Waals surface area contributed by atoms with Crippen LogP contribution in [0, 0.1) is 41.5 Å². The predicted octanol–water partition coefficient (Wildman–Crippen LogP) is 14.9. The average molecular weight is 1540 g/mol. The van der Waals surface area contributed by atoms with Gasteiger partial charge >= 0.3 is 6.03 Å². The Morgan fingerprint density at radius 3 is 0.941 bits per heavy atom. The van der Waals surface area contributed by atoms with Crippen LogP contribution in [0.5, 0.6) is 34.5 Å².